The number of benzene rings is 1. The van der Waals surface area contributed by atoms with Crippen LogP contribution < -0.4 is 10.5 Å². The number of rotatable bonds is 5. The van der Waals surface area contributed by atoms with Crippen LogP contribution in [0.25, 0.3) is 0 Å². The van der Waals surface area contributed by atoms with Crippen LogP contribution in [0.1, 0.15) is 13.8 Å². The van der Waals surface area contributed by atoms with E-state index in [2.05, 4.69) is 20.7 Å². The van der Waals surface area contributed by atoms with Crippen molar-refractivity contribution in [3.8, 4) is 0 Å². The number of hydrogen-bond acceptors (Lipinski definition) is 4. The molecule has 1 aromatic rings. The SMILES string of the molecule is COCC(C)(C)NS(=O)(=O)c1ccc(N)c(Br)c1. The summed E-state index contributed by atoms with van der Waals surface area (Å²) in [5.74, 6) is 0. The van der Waals surface area contributed by atoms with Crippen molar-refractivity contribution in [2.75, 3.05) is 19.5 Å². The van der Waals surface area contributed by atoms with Gasteiger partial charge in [-0.2, -0.15) is 0 Å². The molecule has 0 fully saturated rings. The summed E-state index contributed by atoms with van der Waals surface area (Å²) in [5.41, 5.74) is 5.44. The van der Waals surface area contributed by atoms with E-state index < -0.39 is 15.6 Å². The molecule has 0 aliphatic carbocycles. The molecule has 18 heavy (non-hydrogen) atoms. The van der Waals surface area contributed by atoms with Gasteiger partial charge in [-0.05, 0) is 48.0 Å². The zero-order valence-electron chi connectivity index (χ0n) is 10.5. The molecule has 0 bridgehead atoms. The maximum absolute atomic E-state index is 12.2. The summed E-state index contributed by atoms with van der Waals surface area (Å²) in [6.07, 6.45) is 0. The van der Waals surface area contributed by atoms with Crippen molar-refractivity contribution in [3.63, 3.8) is 0 Å². The fraction of sp³-hybridized carbons (Fsp3) is 0.455. The number of hydrogen-bond donors (Lipinski definition) is 2. The number of nitrogens with two attached hydrogens (primary N) is 1. The molecule has 0 saturated heterocycles. The molecule has 5 nitrogen and oxygen atoms in total. The molecular formula is C11H17BrN2O3S. The van der Waals surface area contributed by atoms with E-state index in [0.717, 1.165) is 0 Å². The number of anilines is 1. The van der Waals surface area contributed by atoms with Gasteiger partial charge in [-0.25, -0.2) is 13.1 Å². The topological polar surface area (TPSA) is 81.4 Å². The lowest BCUT2D eigenvalue weighted by atomic mass is 10.1. The molecule has 0 saturated carbocycles. The molecule has 0 atom stereocenters. The summed E-state index contributed by atoms with van der Waals surface area (Å²) >= 11 is 3.21. The third-order valence-corrected chi connectivity index (χ3v) is 4.58. The Hall–Kier alpha value is -0.630. The third-order valence-electron chi connectivity index (χ3n) is 2.20. The summed E-state index contributed by atoms with van der Waals surface area (Å²) in [7, 11) is -2.07. The first-order valence-corrected chi connectivity index (χ1v) is 7.53. The van der Waals surface area contributed by atoms with E-state index in [-0.39, 0.29) is 11.5 Å². The quantitative estimate of drug-likeness (QED) is 0.802. The Bertz CT molecular complexity index is 529. The largest absolute Gasteiger partial charge is 0.398 e. The van der Waals surface area contributed by atoms with E-state index in [9.17, 15) is 8.42 Å². The predicted octanol–water partition coefficient (Wildman–Crippen LogP) is 1.73. The van der Waals surface area contributed by atoms with Crippen molar-refractivity contribution < 1.29 is 13.2 Å². The zero-order chi connectivity index (χ0) is 14.0. The fourth-order valence-corrected chi connectivity index (χ4v) is 3.44. The Balaban J connectivity index is 3.03. The Morgan fingerprint density at radius 1 is 1.44 bits per heavy atom. The number of methoxy groups -OCH3 is 1. The lowest BCUT2D eigenvalue weighted by molar-refractivity contribution is 0.141. The van der Waals surface area contributed by atoms with Crippen LogP contribution in [0.5, 0.6) is 0 Å². The van der Waals surface area contributed by atoms with Crippen molar-refractivity contribution >= 4 is 31.6 Å². The maximum atomic E-state index is 12.2. The Labute approximate surface area is 116 Å². The van der Waals surface area contributed by atoms with Crippen LogP contribution in [-0.2, 0) is 14.8 Å². The van der Waals surface area contributed by atoms with Gasteiger partial charge in [0.25, 0.3) is 0 Å². The lowest BCUT2D eigenvalue weighted by Crippen LogP contribution is -2.46. The van der Waals surface area contributed by atoms with E-state index >= 15 is 0 Å². The molecule has 102 valence electrons. The molecule has 0 spiro atoms. The van der Waals surface area contributed by atoms with Crippen molar-refractivity contribution in [3.05, 3.63) is 22.7 Å². The zero-order valence-corrected chi connectivity index (χ0v) is 12.9. The first-order chi connectivity index (χ1) is 8.18. The average Bonchev–Trinajstić information content (AvgIpc) is 2.20. The van der Waals surface area contributed by atoms with E-state index in [0.29, 0.717) is 10.2 Å². The number of halogens is 1. The molecule has 0 amide bonds. The van der Waals surface area contributed by atoms with Crippen LogP contribution in [0.4, 0.5) is 5.69 Å². The van der Waals surface area contributed by atoms with Crippen LogP contribution in [0.3, 0.4) is 0 Å². The smallest absolute Gasteiger partial charge is 0.241 e. The van der Waals surface area contributed by atoms with Crippen LogP contribution in [0.15, 0.2) is 27.6 Å². The Kier molecular flexibility index (Phi) is 4.77. The highest BCUT2D eigenvalue weighted by Gasteiger charge is 2.26. The summed E-state index contributed by atoms with van der Waals surface area (Å²) in [4.78, 5) is 0.160. The predicted molar refractivity (Wildman–Crippen MR) is 74.8 cm³/mol. The Morgan fingerprint density at radius 3 is 2.56 bits per heavy atom. The van der Waals surface area contributed by atoms with Gasteiger partial charge in [-0.15, -0.1) is 0 Å². The molecule has 3 N–H and O–H groups in total. The van der Waals surface area contributed by atoms with Gasteiger partial charge < -0.3 is 10.5 Å². The van der Waals surface area contributed by atoms with E-state index in [4.69, 9.17) is 10.5 Å². The average molecular weight is 337 g/mol. The van der Waals surface area contributed by atoms with Gasteiger partial charge in [-0.3, -0.25) is 0 Å². The molecule has 0 aliphatic rings. The van der Waals surface area contributed by atoms with Gasteiger partial charge in [0.1, 0.15) is 0 Å². The third kappa shape index (κ3) is 3.94. The van der Waals surface area contributed by atoms with Gasteiger partial charge in [0, 0.05) is 17.3 Å². The van der Waals surface area contributed by atoms with Gasteiger partial charge >= 0.3 is 0 Å². The molecule has 1 aromatic carbocycles. The van der Waals surface area contributed by atoms with E-state index in [1.54, 1.807) is 19.9 Å². The van der Waals surface area contributed by atoms with Crippen LogP contribution in [0.2, 0.25) is 0 Å². The minimum Gasteiger partial charge on any atom is -0.398 e. The van der Waals surface area contributed by atoms with Crippen LogP contribution in [0, 0.1) is 0 Å². The van der Waals surface area contributed by atoms with Crippen molar-refractivity contribution in [1.29, 1.82) is 0 Å². The standard InChI is InChI=1S/C11H17BrN2O3S/c1-11(2,7-17-3)14-18(15,16)8-4-5-10(13)9(12)6-8/h4-6,14H,7,13H2,1-3H3. The molecule has 0 radical (unpaired) electrons. The van der Waals surface area contributed by atoms with Gasteiger partial charge in [0.15, 0.2) is 0 Å². The van der Waals surface area contributed by atoms with Crippen LogP contribution >= 0.6 is 15.9 Å². The normalized spacial score (nSPS) is 12.7. The summed E-state index contributed by atoms with van der Waals surface area (Å²) in [6.45, 7) is 3.78. The molecular weight excluding hydrogens is 320 g/mol. The molecule has 0 heterocycles. The number of nitrogen functional groups attached to an aromatic ring is 1. The summed E-state index contributed by atoms with van der Waals surface area (Å²) in [5, 5.41) is 0. The fourth-order valence-electron chi connectivity index (χ4n) is 1.49. The number of ether oxygens (including phenoxy) is 1. The van der Waals surface area contributed by atoms with Crippen molar-refractivity contribution in [2.24, 2.45) is 0 Å². The second kappa shape index (κ2) is 5.56. The maximum Gasteiger partial charge on any atom is 0.241 e. The monoisotopic (exact) mass is 336 g/mol. The molecule has 0 aliphatic heterocycles. The van der Waals surface area contributed by atoms with Crippen molar-refractivity contribution in [1.82, 2.24) is 4.72 Å². The molecule has 1 rings (SSSR count). The number of nitrogens with one attached hydrogen (secondary N) is 1. The molecule has 0 unspecified atom stereocenters. The molecule has 0 aromatic heterocycles. The van der Waals surface area contributed by atoms with E-state index in [1.165, 1.54) is 19.2 Å². The second-order valence-corrected chi connectivity index (χ2v) is 7.14. The minimum absolute atomic E-state index is 0.160. The van der Waals surface area contributed by atoms with Gasteiger partial charge in [-0.1, -0.05) is 0 Å². The van der Waals surface area contributed by atoms with Crippen molar-refractivity contribution in [2.45, 2.75) is 24.3 Å². The van der Waals surface area contributed by atoms with Crippen LogP contribution in [-0.4, -0.2) is 27.7 Å². The number of sulfonamides is 1. The van der Waals surface area contributed by atoms with Gasteiger partial charge in [0.05, 0.1) is 17.0 Å². The first-order valence-electron chi connectivity index (χ1n) is 5.26. The highest BCUT2D eigenvalue weighted by molar-refractivity contribution is 9.10. The summed E-state index contributed by atoms with van der Waals surface area (Å²) < 4.78 is 32.4. The van der Waals surface area contributed by atoms with Gasteiger partial charge in [0.2, 0.25) is 10.0 Å². The second-order valence-electron chi connectivity index (χ2n) is 4.61. The highest BCUT2D eigenvalue weighted by Crippen LogP contribution is 2.23. The first kappa shape index (κ1) is 15.4. The molecule has 7 heteroatoms. The summed E-state index contributed by atoms with van der Waals surface area (Å²) in [6, 6.07) is 4.48. The minimum atomic E-state index is -3.59. The highest BCUT2D eigenvalue weighted by atomic mass is 79.9. The lowest BCUT2D eigenvalue weighted by Gasteiger charge is -2.25. The Morgan fingerprint density at radius 2 is 2.06 bits per heavy atom. The van der Waals surface area contributed by atoms with E-state index in [1.807, 2.05) is 0 Å².